The highest BCUT2D eigenvalue weighted by molar-refractivity contribution is 5.68. The van der Waals surface area contributed by atoms with E-state index in [2.05, 4.69) is 19.2 Å². The first-order chi connectivity index (χ1) is 9.08. The van der Waals surface area contributed by atoms with E-state index in [1.165, 1.54) is 6.42 Å². The molecule has 0 aromatic carbocycles. The van der Waals surface area contributed by atoms with Gasteiger partial charge >= 0.3 is 6.09 Å². The first kappa shape index (κ1) is 17.3. The molecule has 118 valence electrons. The summed E-state index contributed by atoms with van der Waals surface area (Å²) in [6.45, 7) is 10.6. The Bertz CT molecular complexity index is 326. The third-order valence-electron chi connectivity index (χ3n) is 3.95. The van der Waals surface area contributed by atoms with Crippen molar-refractivity contribution in [3.8, 4) is 0 Å². The normalized spacial score (nSPS) is 19.5. The number of hydrogen-bond acceptors (Lipinski definition) is 3. The van der Waals surface area contributed by atoms with Crippen LogP contribution in [0, 0.1) is 5.41 Å². The van der Waals surface area contributed by atoms with Gasteiger partial charge in [0, 0.05) is 5.54 Å². The average Bonchev–Trinajstić information content (AvgIpc) is 2.26. The van der Waals surface area contributed by atoms with Gasteiger partial charge in [0.2, 0.25) is 0 Å². The van der Waals surface area contributed by atoms with Crippen LogP contribution in [-0.4, -0.2) is 23.8 Å². The van der Waals surface area contributed by atoms with Crippen molar-refractivity contribution in [2.24, 2.45) is 11.1 Å². The van der Waals surface area contributed by atoms with E-state index in [-0.39, 0.29) is 17.0 Å². The number of carbonyl (C=O) groups excluding carboxylic acids is 1. The van der Waals surface area contributed by atoms with Crippen LogP contribution in [0.1, 0.15) is 73.1 Å². The fourth-order valence-electron chi connectivity index (χ4n) is 3.08. The van der Waals surface area contributed by atoms with Crippen LogP contribution < -0.4 is 11.1 Å². The molecule has 1 aliphatic rings. The third-order valence-corrected chi connectivity index (χ3v) is 3.95. The van der Waals surface area contributed by atoms with E-state index in [0.29, 0.717) is 6.54 Å². The van der Waals surface area contributed by atoms with Crippen molar-refractivity contribution in [2.75, 3.05) is 6.54 Å². The summed E-state index contributed by atoms with van der Waals surface area (Å²) in [5, 5.41) is 3.16. The van der Waals surface area contributed by atoms with Crippen molar-refractivity contribution in [1.82, 2.24) is 5.32 Å². The minimum atomic E-state index is -0.455. The molecule has 0 aromatic rings. The van der Waals surface area contributed by atoms with Gasteiger partial charge < -0.3 is 15.8 Å². The van der Waals surface area contributed by atoms with E-state index in [1.54, 1.807) is 0 Å². The van der Waals surface area contributed by atoms with E-state index in [0.717, 1.165) is 32.1 Å². The van der Waals surface area contributed by atoms with Crippen LogP contribution in [0.2, 0.25) is 0 Å². The Labute approximate surface area is 123 Å². The van der Waals surface area contributed by atoms with Crippen LogP contribution in [0.15, 0.2) is 0 Å². The van der Waals surface area contributed by atoms with Crippen LogP contribution >= 0.6 is 0 Å². The molecule has 1 fully saturated rings. The zero-order valence-electron chi connectivity index (χ0n) is 13.8. The van der Waals surface area contributed by atoms with E-state index in [4.69, 9.17) is 10.5 Å². The Balaban J connectivity index is 2.76. The average molecular weight is 284 g/mol. The monoisotopic (exact) mass is 284 g/mol. The second kappa shape index (κ2) is 6.33. The Hall–Kier alpha value is -0.770. The SMILES string of the molecule is CC(C)(CN)CC1(NC(=O)OC(C)(C)C)CCCCC1. The summed E-state index contributed by atoms with van der Waals surface area (Å²) in [4.78, 5) is 12.1. The molecule has 0 radical (unpaired) electrons. The molecule has 0 atom stereocenters. The van der Waals surface area contributed by atoms with Gasteiger partial charge in [-0.3, -0.25) is 0 Å². The Kier molecular flexibility index (Phi) is 5.47. The molecule has 0 saturated heterocycles. The smallest absolute Gasteiger partial charge is 0.408 e. The van der Waals surface area contributed by atoms with Crippen LogP contribution in [0.4, 0.5) is 4.79 Å². The van der Waals surface area contributed by atoms with Gasteiger partial charge in [0.25, 0.3) is 0 Å². The Morgan fingerprint density at radius 2 is 1.70 bits per heavy atom. The maximum absolute atomic E-state index is 12.1. The van der Waals surface area contributed by atoms with Gasteiger partial charge in [-0.2, -0.15) is 0 Å². The van der Waals surface area contributed by atoms with Crippen LogP contribution in [0.3, 0.4) is 0 Å². The molecule has 1 aliphatic carbocycles. The molecule has 0 aromatic heterocycles. The lowest BCUT2D eigenvalue weighted by Crippen LogP contribution is -2.54. The van der Waals surface area contributed by atoms with Gasteiger partial charge in [0.15, 0.2) is 0 Å². The highest BCUT2D eigenvalue weighted by atomic mass is 16.6. The van der Waals surface area contributed by atoms with Crippen LogP contribution in [0.5, 0.6) is 0 Å². The van der Waals surface area contributed by atoms with Crippen LogP contribution in [-0.2, 0) is 4.74 Å². The number of ether oxygens (including phenoxy) is 1. The number of carbonyl (C=O) groups is 1. The van der Waals surface area contributed by atoms with Crippen LogP contribution in [0.25, 0.3) is 0 Å². The van der Waals surface area contributed by atoms with Gasteiger partial charge in [0.05, 0.1) is 0 Å². The van der Waals surface area contributed by atoms with Gasteiger partial charge in [-0.1, -0.05) is 33.1 Å². The number of nitrogens with two attached hydrogens (primary N) is 1. The molecule has 3 N–H and O–H groups in total. The predicted octanol–water partition coefficient (Wildman–Crippen LogP) is 3.59. The molecular formula is C16H32N2O2. The first-order valence-corrected chi connectivity index (χ1v) is 7.79. The van der Waals surface area contributed by atoms with Gasteiger partial charge in [-0.25, -0.2) is 4.79 Å². The Morgan fingerprint density at radius 1 is 1.15 bits per heavy atom. The third kappa shape index (κ3) is 5.70. The fourth-order valence-corrected chi connectivity index (χ4v) is 3.08. The summed E-state index contributed by atoms with van der Waals surface area (Å²) in [5.74, 6) is 0. The van der Waals surface area contributed by atoms with E-state index in [9.17, 15) is 4.79 Å². The largest absolute Gasteiger partial charge is 0.444 e. The zero-order chi connectivity index (χ0) is 15.4. The summed E-state index contributed by atoms with van der Waals surface area (Å²) in [7, 11) is 0. The molecule has 20 heavy (non-hydrogen) atoms. The highest BCUT2D eigenvalue weighted by Crippen LogP contribution is 2.37. The van der Waals surface area contributed by atoms with Gasteiger partial charge in [0.1, 0.15) is 5.60 Å². The number of alkyl carbamates (subject to hydrolysis) is 1. The van der Waals surface area contributed by atoms with E-state index >= 15 is 0 Å². The summed E-state index contributed by atoms with van der Waals surface area (Å²) in [6.07, 6.45) is 6.24. The summed E-state index contributed by atoms with van der Waals surface area (Å²) < 4.78 is 5.43. The minimum absolute atomic E-state index is 0.0341. The molecule has 4 nitrogen and oxygen atoms in total. The fraction of sp³-hybridized carbons (Fsp3) is 0.938. The molecule has 0 aliphatic heterocycles. The van der Waals surface area contributed by atoms with E-state index in [1.807, 2.05) is 20.8 Å². The van der Waals surface area contributed by atoms with E-state index < -0.39 is 5.60 Å². The number of rotatable bonds is 4. The van der Waals surface area contributed by atoms with Gasteiger partial charge in [-0.15, -0.1) is 0 Å². The van der Waals surface area contributed by atoms with Crippen molar-refractivity contribution < 1.29 is 9.53 Å². The molecular weight excluding hydrogens is 252 g/mol. The zero-order valence-corrected chi connectivity index (χ0v) is 13.8. The van der Waals surface area contributed by atoms with Crippen molar-refractivity contribution in [3.05, 3.63) is 0 Å². The van der Waals surface area contributed by atoms with Crippen molar-refractivity contribution in [3.63, 3.8) is 0 Å². The lowest BCUT2D eigenvalue weighted by Gasteiger charge is -2.43. The molecule has 1 saturated carbocycles. The minimum Gasteiger partial charge on any atom is -0.444 e. The predicted molar refractivity (Wildman–Crippen MR) is 82.6 cm³/mol. The Morgan fingerprint density at radius 3 is 2.15 bits per heavy atom. The molecule has 0 unspecified atom stereocenters. The van der Waals surface area contributed by atoms with Crippen molar-refractivity contribution in [1.29, 1.82) is 0 Å². The lowest BCUT2D eigenvalue weighted by atomic mass is 9.71. The number of amides is 1. The maximum Gasteiger partial charge on any atom is 0.408 e. The molecule has 0 heterocycles. The second-order valence-electron chi connectivity index (χ2n) is 8.01. The van der Waals surface area contributed by atoms with Gasteiger partial charge in [-0.05, 0) is 52.0 Å². The maximum atomic E-state index is 12.1. The standard InChI is InChI=1S/C16H32N2O2/c1-14(2,3)20-13(19)18-16(9-7-6-8-10-16)11-15(4,5)12-17/h6-12,17H2,1-5H3,(H,18,19). The molecule has 0 bridgehead atoms. The van der Waals surface area contributed by atoms with Crippen molar-refractivity contribution in [2.45, 2.75) is 84.3 Å². The molecule has 4 heteroatoms. The quantitative estimate of drug-likeness (QED) is 0.829. The molecule has 1 rings (SSSR count). The first-order valence-electron chi connectivity index (χ1n) is 7.79. The molecule has 1 amide bonds. The summed E-state index contributed by atoms with van der Waals surface area (Å²) in [6, 6.07) is 0. The van der Waals surface area contributed by atoms with Crippen molar-refractivity contribution >= 4 is 6.09 Å². The number of hydrogen-bond donors (Lipinski definition) is 2. The summed E-state index contributed by atoms with van der Waals surface area (Å²) >= 11 is 0. The second-order valence-corrected chi connectivity index (χ2v) is 8.01. The lowest BCUT2D eigenvalue weighted by molar-refractivity contribution is 0.0376. The summed E-state index contributed by atoms with van der Waals surface area (Å²) in [5.41, 5.74) is 5.30. The number of nitrogens with one attached hydrogen (secondary N) is 1. The topological polar surface area (TPSA) is 64.3 Å². The highest BCUT2D eigenvalue weighted by Gasteiger charge is 2.39. The molecule has 0 spiro atoms.